The van der Waals surface area contributed by atoms with Crippen LogP contribution in [-0.2, 0) is 17.8 Å². The van der Waals surface area contributed by atoms with Crippen molar-refractivity contribution in [2.24, 2.45) is 17.3 Å². The van der Waals surface area contributed by atoms with Crippen LogP contribution in [0.25, 0.3) is 11.1 Å². The van der Waals surface area contributed by atoms with Crippen molar-refractivity contribution < 1.29 is 23.8 Å². The molecule has 1 spiro atoms. The van der Waals surface area contributed by atoms with Crippen LogP contribution in [0.5, 0.6) is 11.6 Å². The molecule has 43 heavy (non-hydrogen) atoms. The van der Waals surface area contributed by atoms with Crippen molar-refractivity contribution in [1.29, 1.82) is 0 Å². The Balaban J connectivity index is 1.18. The average Bonchev–Trinajstić information content (AvgIpc) is 3.97. The van der Waals surface area contributed by atoms with Crippen LogP contribution in [-0.4, -0.2) is 41.2 Å². The van der Waals surface area contributed by atoms with E-state index in [9.17, 15) is 9.90 Å². The third-order valence-corrected chi connectivity index (χ3v) is 10.6. The molecule has 2 aliphatic heterocycles. The van der Waals surface area contributed by atoms with Gasteiger partial charge in [-0.15, -0.1) is 0 Å². The van der Waals surface area contributed by atoms with Gasteiger partial charge >= 0.3 is 5.97 Å². The summed E-state index contributed by atoms with van der Waals surface area (Å²) in [5.74, 6) is 0.145. The molecule has 3 heterocycles. The number of aliphatic carboxylic acids is 1. The van der Waals surface area contributed by atoms with Crippen LogP contribution in [0.4, 0.5) is 4.39 Å². The second-order valence-corrected chi connectivity index (χ2v) is 13.4. The number of pyridine rings is 1. The van der Waals surface area contributed by atoms with Crippen LogP contribution < -0.4 is 9.47 Å². The molecule has 3 aromatic rings. The fraction of sp³-hybridized carbons (Fsp3) is 0.500. The smallest absolute Gasteiger partial charge is 0.306 e. The number of piperidine rings is 1. The van der Waals surface area contributed by atoms with E-state index in [1.165, 1.54) is 37.4 Å². The minimum Gasteiger partial charge on any atom is -0.485 e. The molecule has 1 unspecified atom stereocenters. The van der Waals surface area contributed by atoms with E-state index in [0.29, 0.717) is 22.8 Å². The lowest BCUT2D eigenvalue weighted by Crippen LogP contribution is -2.34. The summed E-state index contributed by atoms with van der Waals surface area (Å²) in [6, 6.07) is 14.3. The Labute approximate surface area is 253 Å². The van der Waals surface area contributed by atoms with Crippen LogP contribution in [0.3, 0.4) is 0 Å². The summed E-state index contributed by atoms with van der Waals surface area (Å²) in [6.07, 6.45) is 10.2. The molecule has 3 fully saturated rings. The number of benzene rings is 2. The number of rotatable bonds is 9. The van der Waals surface area contributed by atoms with E-state index < -0.39 is 11.9 Å². The van der Waals surface area contributed by atoms with Crippen LogP contribution in [0, 0.1) is 23.1 Å². The maximum Gasteiger partial charge on any atom is 0.306 e. The molecule has 3 atom stereocenters. The van der Waals surface area contributed by atoms with E-state index in [-0.39, 0.29) is 17.8 Å². The topological polar surface area (TPSA) is 71.9 Å². The summed E-state index contributed by atoms with van der Waals surface area (Å²) in [5.41, 5.74) is 6.36. The molecular weight excluding hydrogens is 543 g/mol. The van der Waals surface area contributed by atoms with Gasteiger partial charge in [0.05, 0.1) is 19.2 Å². The van der Waals surface area contributed by atoms with Gasteiger partial charge in [0, 0.05) is 18.2 Å². The Morgan fingerprint density at radius 3 is 2.58 bits per heavy atom. The molecule has 7 rings (SSSR count). The van der Waals surface area contributed by atoms with Gasteiger partial charge in [-0.3, -0.25) is 9.69 Å². The van der Waals surface area contributed by atoms with Gasteiger partial charge in [-0.1, -0.05) is 37.3 Å². The number of methoxy groups -OCH3 is 1. The highest BCUT2D eigenvalue weighted by Crippen LogP contribution is 2.54. The van der Waals surface area contributed by atoms with Gasteiger partial charge in [-0.25, -0.2) is 9.37 Å². The van der Waals surface area contributed by atoms with Gasteiger partial charge in [-0.05, 0) is 116 Å². The summed E-state index contributed by atoms with van der Waals surface area (Å²) in [6.45, 7) is 4.72. The van der Waals surface area contributed by atoms with Crippen molar-refractivity contribution in [3.05, 3.63) is 76.7 Å². The average molecular weight is 585 g/mol. The zero-order chi connectivity index (χ0) is 29.7. The Bertz CT molecular complexity index is 1520. The van der Waals surface area contributed by atoms with Gasteiger partial charge < -0.3 is 14.6 Å². The number of hydrogen-bond donors (Lipinski definition) is 1. The van der Waals surface area contributed by atoms with E-state index in [2.05, 4.69) is 40.2 Å². The lowest BCUT2D eigenvalue weighted by atomic mass is 9.82. The van der Waals surface area contributed by atoms with E-state index in [4.69, 9.17) is 9.47 Å². The number of nitrogens with zero attached hydrogens (tertiary/aromatic N) is 2. The van der Waals surface area contributed by atoms with Crippen molar-refractivity contribution in [3.63, 3.8) is 0 Å². The first kappa shape index (κ1) is 28.3. The molecule has 0 radical (unpaired) electrons. The number of carbonyl (C=O) groups is 1. The van der Waals surface area contributed by atoms with E-state index in [0.717, 1.165) is 73.3 Å². The van der Waals surface area contributed by atoms with Crippen molar-refractivity contribution >= 4 is 5.97 Å². The molecule has 226 valence electrons. The summed E-state index contributed by atoms with van der Waals surface area (Å²) in [4.78, 5) is 18.5. The van der Waals surface area contributed by atoms with Crippen molar-refractivity contribution in [1.82, 2.24) is 9.88 Å². The van der Waals surface area contributed by atoms with Gasteiger partial charge in [0.15, 0.2) is 0 Å². The molecule has 2 saturated carbocycles. The number of fused-ring (bicyclic) bond motifs is 1. The number of aryl methyl sites for hydroxylation is 1. The second kappa shape index (κ2) is 11.2. The first-order valence-corrected chi connectivity index (χ1v) is 15.9. The highest BCUT2D eigenvalue weighted by atomic mass is 19.1. The lowest BCUT2D eigenvalue weighted by molar-refractivity contribution is -0.142. The van der Waals surface area contributed by atoms with Gasteiger partial charge in [0.1, 0.15) is 17.7 Å². The molecule has 7 heteroatoms. The Kier molecular flexibility index (Phi) is 7.40. The van der Waals surface area contributed by atoms with Crippen LogP contribution in [0.1, 0.15) is 86.1 Å². The number of halogens is 1. The highest BCUT2D eigenvalue weighted by Gasteiger charge is 2.44. The molecule has 2 aliphatic carbocycles. The molecule has 2 aromatic carbocycles. The third-order valence-electron chi connectivity index (χ3n) is 10.6. The quantitative estimate of drug-likeness (QED) is 0.280. The van der Waals surface area contributed by atoms with Crippen molar-refractivity contribution in [2.45, 2.75) is 76.9 Å². The van der Waals surface area contributed by atoms with E-state index in [1.807, 2.05) is 13.0 Å². The predicted molar refractivity (Wildman–Crippen MR) is 163 cm³/mol. The number of carboxylic acid groups (broad SMARTS) is 1. The lowest BCUT2D eigenvalue weighted by Gasteiger charge is -2.33. The Morgan fingerprint density at radius 2 is 1.88 bits per heavy atom. The molecular formula is C36H41FN2O4. The zero-order valence-electron chi connectivity index (χ0n) is 25.2. The second-order valence-electron chi connectivity index (χ2n) is 13.4. The minimum atomic E-state index is -0.745. The number of aromatic nitrogens is 1. The molecule has 0 bridgehead atoms. The van der Waals surface area contributed by atoms with Crippen LogP contribution in [0.15, 0.2) is 48.7 Å². The summed E-state index contributed by atoms with van der Waals surface area (Å²) in [7, 11) is 1.55. The summed E-state index contributed by atoms with van der Waals surface area (Å²) < 4.78 is 27.2. The standard InChI is InChI=1S/C36H41FN2O4/c1-22(35(40)41)34(24-4-5-24)26-6-3-23-8-10-31(43-32(23)18-26)25-7-9-28(29-19-33(42-2)38-20-30(29)37)27(17-25)21-39-15-13-36(11-12-36)14-16-39/h3,6-7,9,17-20,22,24,31,34H,4-5,8,10-16,21H2,1-2H3,(H,40,41)/t22-,31?,34-/m0/s1. The zero-order valence-corrected chi connectivity index (χ0v) is 25.2. The maximum absolute atomic E-state index is 15.2. The Morgan fingerprint density at radius 1 is 1.09 bits per heavy atom. The molecule has 1 N–H and O–H groups in total. The van der Waals surface area contributed by atoms with Gasteiger partial charge in [0.2, 0.25) is 5.88 Å². The summed E-state index contributed by atoms with van der Waals surface area (Å²) in [5, 5.41) is 9.77. The maximum atomic E-state index is 15.2. The number of hydrogen-bond acceptors (Lipinski definition) is 5. The first-order chi connectivity index (χ1) is 20.8. The van der Waals surface area contributed by atoms with Gasteiger partial charge in [0.25, 0.3) is 0 Å². The fourth-order valence-corrected chi connectivity index (χ4v) is 7.45. The normalized spacial score (nSPS) is 22.3. The molecule has 0 amide bonds. The first-order valence-electron chi connectivity index (χ1n) is 15.9. The number of ether oxygens (including phenoxy) is 2. The summed E-state index contributed by atoms with van der Waals surface area (Å²) >= 11 is 0. The van der Waals surface area contributed by atoms with Crippen LogP contribution in [0.2, 0.25) is 0 Å². The number of likely N-dealkylation sites (tertiary alicyclic amines) is 1. The largest absolute Gasteiger partial charge is 0.485 e. The van der Waals surface area contributed by atoms with Crippen LogP contribution >= 0.6 is 0 Å². The highest BCUT2D eigenvalue weighted by molar-refractivity contribution is 5.71. The Hall–Kier alpha value is -3.45. The molecule has 1 aromatic heterocycles. The molecule has 6 nitrogen and oxygen atoms in total. The monoisotopic (exact) mass is 584 g/mol. The predicted octanol–water partition coefficient (Wildman–Crippen LogP) is 7.55. The van der Waals surface area contributed by atoms with Gasteiger partial charge in [-0.2, -0.15) is 0 Å². The number of carboxylic acids is 1. The molecule has 1 saturated heterocycles. The van der Waals surface area contributed by atoms with Crippen molar-refractivity contribution in [2.75, 3.05) is 20.2 Å². The van der Waals surface area contributed by atoms with E-state index >= 15 is 4.39 Å². The SMILES string of the molecule is COc1cc(-c2ccc(C3CCc4ccc([C@H](C5CC5)[C@H](C)C(=O)O)cc4O3)cc2CN2CCC3(CC2)CC3)c(F)cn1. The third kappa shape index (κ3) is 5.76. The minimum absolute atomic E-state index is 0.00392. The molecule has 4 aliphatic rings. The van der Waals surface area contributed by atoms with E-state index in [1.54, 1.807) is 13.2 Å². The van der Waals surface area contributed by atoms with Crippen molar-refractivity contribution in [3.8, 4) is 22.8 Å². The fourth-order valence-electron chi connectivity index (χ4n) is 7.45.